The predicted molar refractivity (Wildman–Crippen MR) is 112 cm³/mol. The van der Waals surface area contributed by atoms with E-state index in [0.717, 1.165) is 27.4 Å². The molecule has 0 aliphatic rings. The zero-order valence-electron chi connectivity index (χ0n) is 16.2. The molecule has 0 aliphatic carbocycles. The first-order chi connectivity index (χ1) is 13.3. The minimum absolute atomic E-state index is 0.152. The molecule has 2 aromatic heterocycles. The first-order valence-electron chi connectivity index (χ1n) is 8.99. The lowest BCUT2D eigenvalue weighted by molar-refractivity contribution is 0.580. The molecule has 3 rings (SSSR count). The smallest absolute Gasteiger partial charge is 0.209 e. The Hall–Kier alpha value is -2.16. The molecule has 2 heterocycles. The maximum absolute atomic E-state index is 11.6. The van der Waals surface area contributed by atoms with E-state index in [0.29, 0.717) is 12.4 Å². The van der Waals surface area contributed by atoms with E-state index in [4.69, 9.17) is 4.98 Å². The quantitative estimate of drug-likeness (QED) is 0.606. The van der Waals surface area contributed by atoms with Gasteiger partial charge >= 0.3 is 0 Å². The molecule has 0 bridgehead atoms. The molecule has 0 unspecified atom stereocenters. The molecule has 0 fully saturated rings. The molecule has 0 radical (unpaired) electrons. The van der Waals surface area contributed by atoms with Crippen molar-refractivity contribution in [3.05, 3.63) is 71.9 Å². The van der Waals surface area contributed by atoms with Crippen molar-refractivity contribution in [1.29, 1.82) is 0 Å². The molecule has 28 heavy (non-hydrogen) atoms. The molecule has 3 aromatic rings. The summed E-state index contributed by atoms with van der Waals surface area (Å²) >= 11 is 1.65. The first kappa shape index (κ1) is 20.6. The van der Waals surface area contributed by atoms with Gasteiger partial charge in [0.05, 0.1) is 18.5 Å². The molecule has 1 N–H and O–H groups in total. The van der Waals surface area contributed by atoms with Crippen molar-refractivity contribution in [2.75, 3.05) is 6.26 Å². The highest BCUT2D eigenvalue weighted by Gasteiger charge is 2.21. The zero-order chi connectivity index (χ0) is 20.1. The number of sulfonamides is 1. The van der Waals surface area contributed by atoms with Crippen LogP contribution in [0.25, 0.3) is 0 Å². The molecule has 0 saturated carbocycles. The molecular formula is C20H24N4O2S2. The fourth-order valence-corrected chi connectivity index (χ4v) is 4.32. The van der Waals surface area contributed by atoms with Gasteiger partial charge in [0.2, 0.25) is 10.0 Å². The largest absolute Gasteiger partial charge is 0.317 e. The Kier molecular flexibility index (Phi) is 6.53. The van der Waals surface area contributed by atoms with Gasteiger partial charge in [0.25, 0.3) is 0 Å². The van der Waals surface area contributed by atoms with E-state index in [1.807, 2.05) is 30.3 Å². The zero-order valence-corrected chi connectivity index (χ0v) is 17.8. The number of nitrogens with zero attached hydrogens (tertiary/aromatic N) is 3. The van der Waals surface area contributed by atoms with Crippen LogP contribution < -0.4 is 4.72 Å². The van der Waals surface area contributed by atoms with Gasteiger partial charge in [-0.2, -0.15) is 0 Å². The van der Waals surface area contributed by atoms with Crippen molar-refractivity contribution >= 4 is 21.8 Å². The summed E-state index contributed by atoms with van der Waals surface area (Å²) in [7, 11) is -3.31. The second kappa shape index (κ2) is 8.89. The maximum atomic E-state index is 11.6. The third kappa shape index (κ3) is 5.43. The standard InChI is InChI=1S/C20H24N4O2S2/c1-15(2)19-20(27-17-7-5-4-6-8-17)24(14-16-9-11-21-12-10-16)18(23-19)13-22-28(3,25)26/h4-12,15,22H,13-14H2,1-3H3. The summed E-state index contributed by atoms with van der Waals surface area (Å²) in [6, 6.07) is 14.0. The number of nitrogens with one attached hydrogen (secondary N) is 1. The number of hydrogen-bond donors (Lipinski definition) is 1. The van der Waals surface area contributed by atoms with Crippen molar-refractivity contribution in [3.63, 3.8) is 0 Å². The van der Waals surface area contributed by atoms with E-state index in [1.165, 1.54) is 0 Å². The van der Waals surface area contributed by atoms with E-state index in [1.54, 1.807) is 24.2 Å². The summed E-state index contributed by atoms with van der Waals surface area (Å²) in [5.41, 5.74) is 2.05. The van der Waals surface area contributed by atoms with Gasteiger partial charge in [-0.05, 0) is 35.7 Å². The molecule has 1 aromatic carbocycles. The summed E-state index contributed by atoms with van der Waals surface area (Å²) in [4.78, 5) is 10.00. The van der Waals surface area contributed by atoms with Crippen molar-refractivity contribution < 1.29 is 8.42 Å². The van der Waals surface area contributed by atoms with Crippen LogP contribution >= 0.6 is 11.8 Å². The number of imidazole rings is 1. The molecule has 0 atom stereocenters. The monoisotopic (exact) mass is 416 g/mol. The fraction of sp³-hybridized carbons (Fsp3) is 0.300. The minimum Gasteiger partial charge on any atom is -0.317 e. The van der Waals surface area contributed by atoms with Crippen LogP contribution in [-0.2, 0) is 23.1 Å². The highest BCUT2D eigenvalue weighted by molar-refractivity contribution is 7.99. The number of aromatic nitrogens is 3. The molecule has 8 heteroatoms. The van der Waals surface area contributed by atoms with Crippen LogP contribution in [0.5, 0.6) is 0 Å². The number of pyridine rings is 1. The minimum atomic E-state index is -3.31. The summed E-state index contributed by atoms with van der Waals surface area (Å²) in [6.45, 7) is 4.95. The van der Waals surface area contributed by atoms with Crippen LogP contribution in [0.3, 0.4) is 0 Å². The van der Waals surface area contributed by atoms with Gasteiger partial charge in [0, 0.05) is 23.8 Å². The van der Waals surface area contributed by atoms with Gasteiger partial charge in [-0.1, -0.05) is 43.8 Å². The summed E-state index contributed by atoms with van der Waals surface area (Å²) in [5, 5.41) is 1.03. The number of hydrogen-bond acceptors (Lipinski definition) is 5. The molecule has 0 saturated heterocycles. The second-order valence-electron chi connectivity index (χ2n) is 6.82. The fourth-order valence-electron chi connectivity index (χ4n) is 2.75. The molecule has 0 aliphatic heterocycles. The van der Waals surface area contributed by atoms with Gasteiger partial charge in [-0.3, -0.25) is 4.98 Å². The first-order valence-corrected chi connectivity index (χ1v) is 11.7. The Morgan fingerprint density at radius 2 is 1.79 bits per heavy atom. The van der Waals surface area contributed by atoms with E-state index < -0.39 is 10.0 Å². The second-order valence-corrected chi connectivity index (χ2v) is 9.72. The summed E-state index contributed by atoms with van der Waals surface area (Å²) in [6.07, 6.45) is 4.67. The Morgan fingerprint density at radius 1 is 1.11 bits per heavy atom. The third-order valence-corrected chi connectivity index (χ3v) is 5.91. The van der Waals surface area contributed by atoms with Gasteiger partial charge < -0.3 is 4.57 Å². The highest BCUT2D eigenvalue weighted by atomic mass is 32.2. The average Bonchev–Trinajstić information content (AvgIpc) is 2.99. The van der Waals surface area contributed by atoms with Gasteiger partial charge in [0.15, 0.2) is 0 Å². The Morgan fingerprint density at radius 3 is 2.39 bits per heavy atom. The van der Waals surface area contributed by atoms with Crippen molar-refractivity contribution in [1.82, 2.24) is 19.3 Å². The normalized spacial score (nSPS) is 11.9. The topological polar surface area (TPSA) is 76.9 Å². The number of benzene rings is 1. The van der Waals surface area contributed by atoms with Crippen LogP contribution in [0.1, 0.15) is 36.8 Å². The van der Waals surface area contributed by atoms with Crippen molar-refractivity contribution in [3.8, 4) is 0 Å². The SMILES string of the molecule is CC(C)c1nc(CNS(C)(=O)=O)n(Cc2ccncc2)c1Sc1ccccc1. The lowest BCUT2D eigenvalue weighted by atomic mass is 10.1. The van der Waals surface area contributed by atoms with Crippen molar-refractivity contribution in [2.45, 2.75) is 42.8 Å². The highest BCUT2D eigenvalue weighted by Crippen LogP contribution is 2.35. The van der Waals surface area contributed by atoms with Gasteiger partial charge in [-0.25, -0.2) is 18.1 Å². The molecule has 0 spiro atoms. The lowest BCUT2D eigenvalue weighted by Gasteiger charge is -2.13. The lowest BCUT2D eigenvalue weighted by Crippen LogP contribution is -2.23. The maximum Gasteiger partial charge on any atom is 0.209 e. The molecule has 6 nitrogen and oxygen atoms in total. The van der Waals surface area contributed by atoms with E-state index in [-0.39, 0.29) is 12.5 Å². The Bertz CT molecular complexity index is 1020. The molecule has 148 valence electrons. The molecular weight excluding hydrogens is 392 g/mol. The number of rotatable bonds is 8. The van der Waals surface area contributed by atoms with Gasteiger partial charge in [0.1, 0.15) is 10.9 Å². The van der Waals surface area contributed by atoms with Crippen LogP contribution in [0.15, 0.2) is 64.8 Å². The third-order valence-electron chi connectivity index (χ3n) is 4.11. The Labute approximate surface area is 170 Å². The van der Waals surface area contributed by atoms with Crippen LogP contribution in [-0.4, -0.2) is 29.2 Å². The summed E-state index contributed by atoms with van der Waals surface area (Å²) in [5.74, 6) is 0.909. The molecule has 0 amide bonds. The summed E-state index contributed by atoms with van der Waals surface area (Å²) < 4.78 is 27.9. The van der Waals surface area contributed by atoms with Crippen LogP contribution in [0.4, 0.5) is 0 Å². The van der Waals surface area contributed by atoms with Gasteiger partial charge in [-0.15, -0.1) is 0 Å². The van der Waals surface area contributed by atoms with Crippen molar-refractivity contribution in [2.24, 2.45) is 0 Å². The van der Waals surface area contributed by atoms with E-state index in [9.17, 15) is 8.42 Å². The predicted octanol–water partition coefficient (Wildman–Crippen LogP) is 3.65. The van der Waals surface area contributed by atoms with E-state index in [2.05, 4.69) is 40.3 Å². The van der Waals surface area contributed by atoms with Crippen LogP contribution in [0.2, 0.25) is 0 Å². The Balaban J connectivity index is 2.06. The van der Waals surface area contributed by atoms with Crippen LogP contribution in [0, 0.1) is 0 Å². The average molecular weight is 417 g/mol. The van der Waals surface area contributed by atoms with E-state index >= 15 is 0 Å².